The van der Waals surface area contributed by atoms with Gasteiger partial charge in [-0.3, -0.25) is 4.40 Å². The Morgan fingerprint density at radius 2 is 2.04 bits per heavy atom. The first kappa shape index (κ1) is 19.3. The molecule has 0 bridgehead atoms. The zero-order valence-electron chi connectivity index (χ0n) is 16.9. The Labute approximate surface area is 171 Å². The highest BCUT2D eigenvalue weighted by Gasteiger charge is 2.19. The molecule has 1 unspecified atom stereocenters. The van der Waals surface area contributed by atoms with Crippen LogP contribution in [-0.2, 0) is 0 Å². The Morgan fingerprint density at radius 1 is 1.21 bits per heavy atom. The molecule has 0 amide bonds. The van der Waals surface area contributed by atoms with Crippen LogP contribution in [0.4, 0.5) is 5.82 Å². The third-order valence-corrected chi connectivity index (χ3v) is 6.46. The van der Waals surface area contributed by atoms with Crippen molar-refractivity contribution in [2.45, 2.75) is 55.8 Å². The minimum atomic E-state index is 0.160. The van der Waals surface area contributed by atoms with Crippen LogP contribution in [0.3, 0.4) is 0 Å². The molecule has 2 aromatic heterocycles. The normalized spacial score (nSPS) is 18.5. The maximum atomic E-state index is 4.97. The van der Waals surface area contributed by atoms with Gasteiger partial charge in [0.15, 0.2) is 11.5 Å². The SMILES string of the molecule is CC(C)c1cnc2c(N[C@@H](C)c3ccccc3)nc(SC3CCCNC3)cn12. The summed E-state index contributed by atoms with van der Waals surface area (Å²) in [5, 5.41) is 8.74. The number of anilines is 1. The van der Waals surface area contributed by atoms with Crippen molar-refractivity contribution >= 4 is 23.2 Å². The van der Waals surface area contributed by atoms with Crippen LogP contribution in [0.2, 0.25) is 0 Å². The maximum absolute atomic E-state index is 4.97. The molecule has 28 heavy (non-hydrogen) atoms. The number of thioether (sulfide) groups is 1. The summed E-state index contributed by atoms with van der Waals surface area (Å²) in [4.78, 5) is 9.66. The monoisotopic (exact) mass is 395 g/mol. The Balaban J connectivity index is 1.68. The summed E-state index contributed by atoms with van der Waals surface area (Å²) >= 11 is 1.88. The molecule has 2 atom stereocenters. The number of piperidine rings is 1. The van der Waals surface area contributed by atoms with E-state index in [1.165, 1.54) is 24.1 Å². The Hall–Kier alpha value is -2.05. The fourth-order valence-electron chi connectivity index (χ4n) is 3.69. The van der Waals surface area contributed by atoms with Crippen LogP contribution in [0.1, 0.15) is 56.8 Å². The predicted molar refractivity (Wildman–Crippen MR) is 117 cm³/mol. The number of hydrogen-bond acceptors (Lipinski definition) is 5. The number of benzene rings is 1. The van der Waals surface area contributed by atoms with Crippen molar-refractivity contribution in [2.75, 3.05) is 18.4 Å². The van der Waals surface area contributed by atoms with E-state index in [0.29, 0.717) is 11.2 Å². The van der Waals surface area contributed by atoms with Crippen LogP contribution in [-0.4, -0.2) is 32.7 Å². The van der Waals surface area contributed by atoms with Gasteiger partial charge >= 0.3 is 0 Å². The average molecular weight is 396 g/mol. The van der Waals surface area contributed by atoms with Gasteiger partial charge in [-0.2, -0.15) is 0 Å². The summed E-state index contributed by atoms with van der Waals surface area (Å²) in [6.07, 6.45) is 6.62. The summed E-state index contributed by atoms with van der Waals surface area (Å²) in [5.74, 6) is 1.27. The Bertz CT molecular complexity index is 915. The van der Waals surface area contributed by atoms with E-state index < -0.39 is 0 Å². The van der Waals surface area contributed by atoms with Crippen LogP contribution >= 0.6 is 11.8 Å². The molecule has 0 aliphatic carbocycles. The van der Waals surface area contributed by atoms with Gasteiger partial charge in [0, 0.05) is 29.9 Å². The van der Waals surface area contributed by atoms with E-state index in [-0.39, 0.29) is 6.04 Å². The molecule has 1 fully saturated rings. The molecule has 1 aliphatic heterocycles. The van der Waals surface area contributed by atoms with Gasteiger partial charge in [-0.1, -0.05) is 44.2 Å². The number of nitrogens with one attached hydrogen (secondary N) is 2. The van der Waals surface area contributed by atoms with Gasteiger partial charge in [0.25, 0.3) is 0 Å². The molecule has 2 N–H and O–H groups in total. The number of nitrogens with zero attached hydrogens (tertiary/aromatic N) is 3. The third-order valence-electron chi connectivity index (χ3n) is 5.28. The Kier molecular flexibility index (Phi) is 5.87. The van der Waals surface area contributed by atoms with E-state index >= 15 is 0 Å². The fourth-order valence-corrected chi connectivity index (χ4v) is 4.82. The first-order valence-electron chi connectivity index (χ1n) is 10.2. The molecule has 1 saturated heterocycles. The zero-order chi connectivity index (χ0) is 19.5. The van der Waals surface area contributed by atoms with Crippen LogP contribution in [0.5, 0.6) is 0 Å². The molecular weight excluding hydrogens is 366 g/mol. The minimum Gasteiger partial charge on any atom is -0.360 e. The largest absolute Gasteiger partial charge is 0.360 e. The molecule has 0 spiro atoms. The van der Waals surface area contributed by atoms with Crippen LogP contribution in [0.25, 0.3) is 5.65 Å². The molecule has 5 nitrogen and oxygen atoms in total. The van der Waals surface area contributed by atoms with Crippen molar-refractivity contribution < 1.29 is 0 Å². The molecule has 4 rings (SSSR count). The summed E-state index contributed by atoms with van der Waals surface area (Å²) in [5.41, 5.74) is 3.36. The van der Waals surface area contributed by atoms with E-state index in [0.717, 1.165) is 29.6 Å². The molecule has 1 aliphatic rings. The average Bonchev–Trinajstić information content (AvgIpc) is 3.14. The maximum Gasteiger partial charge on any atom is 0.180 e. The first-order chi connectivity index (χ1) is 13.6. The topological polar surface area (TPSA) is 54.2 Å². The van der Waals surface area contributed by atoms with E-state index in [9.17, 15) is 0 Å². The van der Waals surface area contributed by atoms with Crippen molar-refractivity contribution in [1.82, 2.24) is 19.7 Å². The van der Waals surface area contributed by atoms with Crippen LogP contribution in [0.15, 0.2) is 47.8 Å². The number of imidazole rings is 1. The summed E-state index contributed by atoms with van der Waals surface area (Å²) in [6.45, 7) is 8.77. The van der Waals surface area contributed by atoms with Crippen molar-refractivity contribution in [3.63, 3.8) is 0 Å². The smallest absolute Gasteiger partial charge is 0.180 e. The zero-order valence-corrected chi connectivity index (χ0v) is 17.7. The quantitative estimate of drug-likeness (QED) is 0.624. The number of aromatic nitrogens is 3. The lowest BCUT2D eigenvalue weighted by Crippen LogP contribution is -2.31. The molecule has 3 aromatic rings. The highest BCUT2D eigenvalue weighted by atomic mass is 32.2. The van der Waals surface area contributed by atoms with E-state index in [1.54, 1.807) is 0 Å². The van der Waals surface area contributed by atoms with Crippen molar-refractivity contribution in [1.29, 1.82) is 0 Å². The van der Waals surface area contributed by atoms with Crippen molar-refractivity contribution in [2.24, 2.45) is 0 Å². The molecule has 6 heteroatoms. The lowest BCUT2D eigenvalue weighted by molar-refractivity contribution is 0.531. The van der Waals surface area contributed by atoms with Crippen LogP contribution < -0.4 is 10.6 Å². The van der Waals surface area contributed by atoms with Crippen LogP contribution in [0, 0.1) is 0 Å². The second kappa shape index (κ2) is 8.53. The molecule has 1 aromatic carbocycles. The van der Waals surface area contributed by atoms with E-state index in [2.05, 4.69) is 66.3 Å². The highest BCUT2D eigenvalue weighted by molar-refractivity contribution is 7.99. The summed E-state index contributed by atoms with van der Waals surface area (Å²) in [7, 11) is 0. The van der Waals surface area contributed by atoms with Crippen molar-refractivity contribution in [3.05, 3.63) is 54.0 Å². The number of fused-ring (bicyclic) bond motifs is 1. The predicted octanol–water partition coefficient (Wildman–Crippen LogP) is 4.87. The molecule has 3 heterocycles. The molecule has 0 saturated carbocycles. The lowest BCUT2D eigenvalue weighted by Gasteiger charge is -2.22. The van der Waals surface area contributed by atoms with Gasteiger partial charge in [0.05, 0.1) is 6.04 Å². The van der Waals surface area contributed by atoms with Gasteiger partial charge in [-0.15, -0.1) is 11.8 Å². The van der Waals surface area contributed by atoms with E-state index in [1.807, 2.05) is 24.0 Å². The second-order valence-electron chi connectivity index (χ2n) is 7.82. The molecular formula is C22H29N5S. The number of hydrogen-bond donors (Lipinski definition) is 2. The molecule has 148 valence electrons. The van der Waals surface area contributed by atoms with E-state index in [4.69, 9.17) is 9.97 Å². The fraction of sp³-hybridized carbons (Fsp3) is 0.455. The minimum absolute atomic E-state index is 0.160. The molecule has 0 radical (unpaired) electrons. The number of rotatable bonds is 6. The standard InChI is InChI=1S/C22H29N5S/c1-15(2)19-13-24-22-21(25-16(3)17-8-5-4-6-9-17)26-20(14-27(19)22)28-18-10-7-11-23-12-18/h4-6,8-9,13-16,18,23H,7,10-12H2,1-3H3,(H,25,26)/t16-,18?/m0/s1. The summed E-state index contributed by atoms with van der Waals surface area (Å²) < 4.78 is 2.22. The first-order valence-corrected chi connectivity index (χ1v) is 11.1. The Morgan fingerprint density at radius 3 is 2.75 bits per heavy atom. The summed E-state index contributed by atoms with van der Waals surface area (Å²) in [6, 6.07) is 10.6. The van der Waals surface area contributed by atoms with Gasteiger partial charge in [0.2, 0.25) is 0 Å². The van der Waals surface area contributed by atoms with Gasteiger partial charge < -0.3 is 10.6 Å². The van der Waals surface area contributed by atoms with Gasteiger partial charge in [0.1, 0.15) is 5.03 Å². The van der Waals surface area contributed by atoms with Gasteiger partial charge in [-0.05, 0) is 37.8 Å². The third kappa shape index (κ3) is 4.18. The highest BCUT2D eigenvalue weighted by Crippen LogP contribution is 2.31. The second-order valence-corrected chi connectivity index (χ2v) is 9.14. The van der Waals surface area contributed by atoms with Gasteiger partial charge in [-0.25, -0.2) is 9.97 Å². The van der Waals surface area contributed by atoms with Crippen molar-refractivity contribution in [3.8, 4) is 0 Å². The lowest BCUT2D eigenvalue weighted by atomic mass is 10.1.